The molecule has 2 atom stereocenters. The molecule has 0 unspecified atom stereocenters. The maximum atomic E-state index is 10.9. The van der Waals surface area contributed by atoms with Crippen LogP contribution in [0.4, 0.5) is 0 Å². The number of carboxylic acid groups (broad SMARTS) is 1. The number of rotatable bonds is 3. The molecule has 1 saturated carbocycles. The van der Waals surface area contributed by atoms with E-state index in [4.69, 9.17) is 5.11 Å². The minimum Gasteiger partial charge on any atom is -0.477 e. The number of aromatic nitrogens is 1. The summed E-state index contributed by atoms with van der Waals surface area (Å²) in [6.07, 6.45) is 5.49. The van der Waals surface area contributed by atoms with Gasteiger partial charge >= 0.3 is 5.97 Å². The van der Waals surface area contributed by atoms with E-state index in [-0.39, 0.29) is 5.69 Å². The zero-order valence-electron chi connectivity index (χ0n) is 11.1. The number of fused-ring (bicyclic) bond motifs is 2. The Hall–Kier alpha value is -1.42. The first kappa shape index (κ1) is 12.6. The van der Waals surface area contributed by atoms with E-state index in [0.717, 1.165) is 37.2 Å². The highest BCUT2D eigenvalue weighted by atomic mass is 16.4. The maximum Gasteiger partial charge on any atom is 0.354 e. The van der Waals surface area contributed by atoms with Crippen molar-refractivity contribution in [3.05, 3.63) is 29.6 Å². The van der Waals surface area contributed by atoms with E-state index < -0.39 is 5.97 Å². The molecule has 4 heteroatoms. The minimum absolute atomic E-state index is 0.148. The Balaban J connectivity index is 1.68. The number of pyridine rings is 1. The smallest absolute Gasteiger partial charge is 0.354 e. The number of carboxylic acids is 1. The van der Waals surface area contributed by atoms with Crippen molar-refractivity contribution < 1.29 is 9.90 Å². The molecule has 1 aromatic rings. The van der Waals surface area contributed by atoms with Crippen LogP contribution in [0.2, 0.25) is 0 Å². The quantitative estimate of drug-likeness (QED) is 0.906. The number of nitrogens with zero attached hydrogens (tertiary/aromatic N) is 2. The molecule has 2 fully saturated rings. The van der Waals surface area contributed by atoms with Gasteiger partial charge in [-0.1, -0.05) is 12.5 Å². The Labute approximate surface area is 113 Å². The molecule has 2 aliphatic rings. The van der Waals surface area contributed by atoms with Crippen molar-refractivity contribution in [1.29, 1.82) is 0 Å². The predicted octanol–water partition coefficient (Wildman–Crippen LogP) is 2.40. The van der Waals surface area contributed by atoms with Gasteiger partial charge in [0.2, 0.25) is 0 Å². The van der Waals surface area contributed by atoms with Crippen molar-refractivity contribution in [2.75, 3.05) is 13.1 Å². The van der Waals surface area contributed by atoms with Crippen LogP contribution in [0.1, 0.15) is 41.9 Å². The Morgan fingerprint density at radius 3 is 2.74 bits per heavy atom. The van der Waals surface area contributed by atoms with E-state index >= 15 is 0 Å². The lowest BCUT2D eigenvalue weighted by Crippen LogP contribution is -2.42. The van der Waals surface area contributed by atoms with Gasteiger partial charge in [-0.2, -0.15) is 0 Å². The number of hydrogen-bond donors (Lipinski definition) is 1. The summed E-state index contributed by atoms with van der Waals surface area (Å²) in [6.45, 7) is 3.08. The third kappa shape index (κ3) is 2.95. The van der Waals surface area contributed by atoms with Crippen LogP contribution in [0.3, 0.4) is 0 Å². The van der Waals surface area contributed by atoms with Crippen molar-refractivity contribution in [1.82, 2.24) is 9.88 Å². The minimum atomic E-state index is -0.947. The van der Waals surface area contributed by atoms with E-state index in [1.165, 1.54) is 25.7 Å². The largest absolute Gasteiger partial charge is 0.477 e. The summed E-state index contributed by atoms with van der Waals surface area (Å²) in [5.74, 6) is 0.739. The fraction of sp³-hybridized carbons (Fsp3) is 0.600. The first-order valence-corrected chi connectivity index (χ1v) is 7.12. The van der Waals surface area contributed by atoms with Crippen LogP contribution in [0.15, 0.2) is 18.2 Å². The fourth-order valence-corrected chi connectivity index (χ4v) is 3.58. The van der Waals surface area contributed by atoms with E-state index in [1.807, 2.05) is 6.07 Å². The highest BCUT2D eigenvalue weighted by Crippen LogP contribution is 2.34. The molecule has 2 heterocycles. The third-order valence-electron chi connectivity index (χ3n) is 4.34. The van der Waals surface area contributed by atoms with Gasteiger partial charge in [-0.15, -0.1) is 0 Å². The lowest BCUT2D eigenvalue weighted by atomic mass is 9.78. The zero-order valence-corrected chi connectivity index (χ0v) is 11.1. The SMILES string of the molecule is O=C(O)c1cccc(CN2C[C@@H]3CCC[C@H](C3)C2)n1. The zero-order chi connectivity index (χ0) is 13.2. The van der Waals surface area contributed by atoms with Crippen LogP contribution in [0.25, 0.3) is 0 Å². The molecule has 2 bridgehead atoms. The molecule has 3 rings (SSSR count). The summed E-state index contributed by atoms with van der Waals surface area (Å²) in [5.41, 5.74) is 1.02. The normalized spacial score (nSPS) is 27.2. The first-order valence-electron chi connectivity index (χ1n) is 7.12. The van der Waals surface area contributed by atoms with Gasteiger partial charge in [0.1, 0.15) is 5.69 Å². The third-order valence-corrected chi connectivity index (χ3v) is 4.34. The lowest BCUT2D eigenvalue weighted by Gasteiger charge is -2.41. The Kier molecular flexibility index (Phi) is 3.51. The van der Waals surface area contributed by atoms with Crippen molar-refractivity contribution in [2.24, 2.45) is 11.8 Å². The molecule has 1 aromatic heterocycles. The number of aromatic carboxylic acids is 1. The molecule has 1 saturated heterocycles. The van der Waals surface area contributed by atoms with Crippen molar-refractivity contribution >= 4 is 5.97 Å². The van der Waals surface area contributed by atoms with Gasteiger partial charge in [-0.05, 0) is 43.2 Å². The highest BCUT2D eigenvalue weighted by Gasteiger charge is 2.30. The molecule has 1 N–H and O–H groups in total. The standard InChI is InChI=1S/C15H20N2O2/c18-15(19)14-6-2-5-13(16-14)10-17-8-11-3-1-4-12(7-11)9-17/h2,5-6,11-12H,1,3-4,7-10H2,(H,18,19)/t11-,12-/m1/s1. The van der Waals surface area contributed by atoms with Crippen LogP contribution in [-0.4, -0.2) is 34.0 Å². The van der Waals surface area contributed by atoms with Crippen molar-refractivity contribution in [2.45, 2.75) is 32.2 Å². The lowest BCUT2D eigenvalue weighted by molar-refractivity contribution is 0.0686. The first-order chi connectivity index (χ1) is 9.20. The van der Waals surface area contributed by atoms with Crippen LogP contribution in [0, 0.1) is 11.8 Å². The topological polar surface area (TPSA) is 53.4 Å². The second kappa shape index (κ2) is 5.29. The molecular weight excluding hydrogens is 240 g/mol. The van der Waals surface area contributed by atoms with Crippen molar-refractivity contribution in [3.8, 4) is 0 Å². The highest BCUT2D eigenvalue weighted by molar-refractivity contribution is 5.85. The summed E-state index contributed by atoms with van der Waals surface area (Å²) in [7, 11) is 0. The monoisotopic (exact) mass is 260 g/mol. The van der Waals surface area contributed by atoms with E-state index in [0.29, 0.717) is 0 Å². The van der Waals surface area contributed by atoms with Gasteiger partial charge < -0.3 is 5.11 Å². The summed E-state index contributed by atoms with van der Waals surface area (Å²) in [5, 5.41) is 8.97. The molecule has 4 nitrogen and oxygen atoms in total. The molecule has 102 valence electrons. The summed E-state index contributed by atoms with van der Waals surface area (Å²) in [6, 6.07) is 5.27. The molecular formula is C15H20N2O2. The number of carbonyl (C=O) groups is 1. The van der Waals surface area contributed by atoms with Gasteiger partial charge in [-0.25, -0.2) is 9.78 Å². The predicted molar refractivity (Wildman–Crippen MR) is 71.9 cm³/mol. The van der Waals surface area contributed by atoms with Crippen LogP contribution in [0.5, 0.6) is 0 Å². The van der Waals surface area contributed by atoms with Crippen molar-refractivity contribution in [3.63, 3.8) is 0 Å². The Bertz CT molecular complexity index is 463. The van der Waals surface area contributed by atoms with Gasteiger partial charge in [-0.3, -0.25) is 4.90 Å². The second-order valence-electron chi connectivity index (χ2n) is 5.91. The average Bonchev–Trinajstić information content (AvgIpc) is 2.38. The molecule has 19 heavy (non-hydrogen) atoms. The second-order valence-corrected chi connectivity index (χ2v) is 5.91. The van der Waals surface area contributed by atoms with E-state index in [9.17, 15) is 4.79 Å². The van der Waals surface area contributed by atoms with E-state index in [1.54, 1.807) is 12.1 Å². The molecule has 1 aliphatic carbocycles. The molecule has 0 radical (unpaired) electrons. The van der Waals surface area contributed by atoms with Gasteiger partial charge in [0.05, 0.1) is 5.69 Å². The maximum absolute atomic E-state index is 10.9. The van der Waals surface area contributed by atoms with Gasteiger partial charge in [0.25, 0.3) is 0 Å². The number of piperidine rings is 1. The Morgan fingerprint density at radius 2 is 2.05 bits per heavy atom. The summed E-state index contributed by atoms with van der Waals surface area (Å²) < 4.78 is 0. The fourth-order valence-electron chi connectivity index (χ4n) is 3.58. The van der Waals surface area contributed by atoms with Crippen LogP contribution >= 0.6 is 0 Å². The van der Waals surface area contributed by atoms with Gasteiger partial charge in [0, 0.05) is 19.6 Å². The molecule has 0 amide bonds. The van der Waals surface area contributed by atoms with Gasteiger partial charge in [0.15, 0.2) is 0 Å². The van der Waals surface area contributed by atoms with E-state index in [2.05, 4.69) is 9.88 Å². The summed E-state index contributed by atoms with van der Waals surface area (Å²) in [4.78, 5) is 17.6. The Morgan fingerprint density at radius 1 is 1.32 bits per heavy atom. The number of likely N-dealkylation sites (tertiary alicyclic amines) is 1. The average molecular weight is 260 g/mol. The molecule has 0 aromatic carbocycles. The molecule has 0 spiro atoms. The molecule has 1 aliphatic heterocycles. The van der Waals surface area contributed by atoms with Crippen LogP contribution < -0.4 is 0 Å². The number of hydrogen-bond acceptors (Lipinski definition) is 3. The van der Waals surface area contributed by atoms with Crippen LogP contribution in [-0.2, 0) is 6.54 Å². The summed E-state index contributed by atoms with van der Waals surface area (Å²) >= 11 is 0.